The molecule has 0 bridgehead atoms. The Labute approximate surface area is 116 Å². The number of piperazine rings is 1. The van der Waals surface area contributed by atoms with Gasteiger partial charge in [-0.25, -0.2) is 0 Å². The predicted molar refractivity (Wildman–Crippen MR) is 76.9 cm³/mol. The second-order valence-electron chi connectivity index (χ2n) is 6.66. The maximum absolute atomic E-state index is 5.55. The Morgan fingerprint density at radius 2 is 2.21 bits per heavy atom. The molecule has 1 N–H and O–H groups in total. The zero-order valence-electron chi connectivity index (χ0n) is 12.2. The van der Waals surface area contributed by atoms with Crippen LogP contribution in [0.4, 0.5) is 0 Å². The Kier molecular flexibility index (Phi) is 3.68. The summed E-state index contributed by atoms with van der Waals surface area (Å²) in [5.74, 6) is 1.78. The van der Waals surface area contributed by atoms with Crippen LogP contribution in [0.15, 0.2) is 22.8 Å². The Morgan fingerprint density at radius 1 is 1.42 bits per heavy atom. The van der Waals surface area contributed by atoms with E-state index in [0.29, 0.717) is 17.5 Å². The molecule has 1 aliphatic heterocycles. The van der Waals surface area contributed by atoms with Crippen LogP contribution in [0.3, 0.4) is 0 Å². The first-order valence-corrected chi connectivity index (χ1v) is 7.70. The molecule has 2 fully saturated rings. The minimum Gasteiger partial charge on any atom is -0.468 e. The molecule has 3 heteroatoms. The predicted octanol–water partition coefficient (Wildman–Crippen LogP) is 3.02. The SMILES string of the molecule is CC(C)C1CNC2(CCCC2)CN1Cc1ccco1. The largest absolute Gasteiger partial charge is 0.468 e. The molecular formula is C16H26N2O. The van der Waals surface area contributed by atoms with Crippen LogP contribution in [-0.4, -0.2) is 29.6 Å². The fourth-order valence-corrected chi connectivity index (χ4v) is 3.83. The van der Waals surface area contributed by atoms with Gasteiger partial charge in [0.05, 0.1) is 12.8 Å². The standard InChI is InChI=1S/C16H26N2O/c1-13(2)15-10-17-16(7-3-4-8-16)12-18(15)11-14-6-5-9-19-14/h5-6,9,13,15,17H,3-4,7-8,10-12H2,1-2H3. The monoisotopic (exact) mass is 262 g/mol. The lowest BCUT2D eigenvalue weighted by molar-refractivity contribution is 0.0456. The van der Waals surface area contributed by atoms with Gasteiger partial charge in [0.2, 0.25) is 0 Å². The van der Waals surface area contributed by atoms with Gasteiger partial charge in [-0.1, -0.05) is 26.7 Å². The van der Waals surface area contributed by atoms with E-state index < -0.39 is 0 Å². The van der Waals surface area contributed by atoms with E-state index in [2.05, 4.69) is 30.1 Å². The number of hydrogen-bond acceptors (Lipinski definition) is 3. The molecule has 2 heterocycles. The highest BCUT2D eigenvalue weighted by molar-refractivity contribution is 5.04. The third-order valence-corrected chi connectivity index (χ3v) is 4.93. The van der Waals surface area contributed by atoms with Crippen LogP contribution in [-0.2, 0) is 6.54 Å². The molecule has 106 valence electrons. The first kappa shape index (κ1) is 13.2. The summed E-state index contributed by atoms with van der Waals surface area (Å²) in [4.78, 5) is 2.64. The van der Waals surface area contributed by atoms with Gasteiger partial charge in [0, 0.05) is 24.7 Å². The van der Waals surface area contributed by atoms with Crippen molar-refractivity contribution in [3.63, 3.8) is 0 Å². The van der Waals surface area contributed by atoms with Gasteiger partial charge < -0.3 is 9.73 Å². The number of nitrogens with one attached hydrogen (secondary N) is 1. The summed E-state index contributed by atoms with van der Waals surface area (Å²) in [6.07, 6.45) is 7.23. The fraction of sp³-hybridized carbons (Fsp3) is 0.750. The van der Waals surface area contributed by atoms with Crippen molar-refractivity contribution in [1.29, 1.82) is 0 Å². The van der Waals surface area contributed by atoms with Crippen LogP contribution in [0.25, 0.3) is 0 Å². The topological polar surface area (TPSA) is 28.4 Å². The first-order chi connectivity index (χ1) is 9.19. The van der Waals surface area contributed by atoms with E-state index in [9.17, 15) is 0 Å². The molecule has 1 unspecified atom stereocenters. The van der Waals surface area contributed by atoms with E-state index >= 15 is 0 Å². The van der Waals surface area contributed by atoms with Gasteiger partial charge in [-0.2, -0.15) is 0 Å². The Bertz CT molecular complexity index is 393. The average Bonchev–Trinajstić information content (AvgIpc) is 3.01. The molecule has 1 spiro atoms. The summed E-state index contributed by atoms with van der Waals surface area (Å²) in [6.45, 7) is 7.91. The van der Waals surface area contributed by atoms with Gasteiger partial charge in [0.15, 0.2) is 0 Å². The fourth-order valence-electron chi connectivity index (χ4n) is 3.83. The number of furan rings is 1. The van der Waals surface area contributed by atoms with Crippen LogP contribution in [0, 0.1) is 5.92 Å². The highest BCUT2D eigenvalue weighted by Gasteiger charge is 2.41. The van der Waals surface area contributed by atoms with Crippen molar-refractivity contribution >= 4 is 0 Å². The molecule has 1 saturated carbocycles. The van der Waals surface area contributed by atoms with Crippen molar-refractivity contribution in [2.24, 2.45) is 5.92 Å². The molecule has 1 aromatic heterocycles. The summed E-state index contributed by atoms with van der Waals surface area (Å²) in [6, 6.07) is 4.71. The van der Waals surface area contributed by atoms with Gasteiger partial charge >= 0.3 is 0 Å². The minimum atomic E-state index is 0.387. The van der Waals surface area contributed by atoms with Crippen molar-refractivity contribution in [1.82, 2.24) is 10.2 Å². The maximum Gasteiger partial charge on any atom is 0.117 e. The molecule has 0 radical (unpaired) electrons. The van der Waals surface area contributed by atoms with Gasteiger partial charge in [-0.15, -0.1) is 0 Å². The second-order valence-corrected chi connectivity index (χ2v) is 6.66. The molecule has 2 aliphatic rings. The van der Waals surface area contributed by atoms with E-state index in [1.807, 2.05) is 6.07 Å². The Balaban J connectivity index is 1.74. The molecule has 3 nitrogen and oxygen atoms in total. The molecule has 1 atom stereocenters. The molecule has 19 heavy (non-hydrogen) atoms. The zero-order chi connectivity index (χ0) is 13.3. The van der Waals surface area contributed by atoms with Crippen molar-refractivity contribution < 1.29 is 4.42 Å². The lowest BCUT2D eigenvalue weighted by Crippen LogP contribution is -2.63. The molecule has 1 saturated heterocycles. The third-order valence-electron chi connectivity index (χ3n) is 4.93. The highest BCUT2D eigenvalue weighted by Crippen LogP contribution is 2.34. The van der Waals surface area contributed by atoms with Crippen LogP contribution >= 0.6 is 0 Å². The first-order valence-electron chi connectivity index (χ1n) is 7.70. The smallest absolute Gasteiger partial charge is 0.117 e. The van der Waals surface area contributed by atoms with Crippen molar-refractivity contribution in [3.05, 3.63) is 24.2 Å². The van der Waals surface area contributed by atoms with Gasteiger partial charge in [0.1, 0.15) is 5.76 Å². The number of nitrogens with zero attached hydrogens (tertiary/aromatic N) is 1. The lowest BCUT2D eigenvalue weighted by Gasteiger charge is -2.47. The molecule has 3 rings (SSSR count). The zero-order valence-corrected chi connectivity index (χ0v) is 12.2. The van der Waals surface area contributed by atoms with E-state index in [1.54, 1.807) is 6.26 Å². The molecule has 1 aliphatic carbocycles. The second kappa shape index (κ2) is 5.29. The van der Waals surface area contributed by atoms with Crippen LogP contribution in [0.2, 0.25) is 0 Å². The normalized spacial score (nSPS) is 27.4. The number of hydrogen-bond donors (Lipinski definition) is 1. The van der Waals surface area contributed by atoms with E-state index in [0.717, 1.165) is 18.8 Å². The Morgan fingerprint density at radius 3 is 2.84 bits per heavy atom. The van der Waals surface area contributed by atoms with E-state index in [-0.39, 0.29) is 0 Å². The molecule has 0 aromatic carbocycles. The maximum atomic E-state index is 5.55. The summed E-state index contributed by atoms with van der Waals surface area (Å²) < 4.78 is 5.55. The Hall–Kier alpha value is -0.800. The lowest BCUT2D eigenvalue weighted by atomic mass is 9.89. The number of rotatable bonds is 3. The van der Waals surface area contributed by atoms with Crippen molar-refractivity contribution in [3.8, 4) is 0 Å². The van der Waals surface area contributed by atoms with Crippen LogP contribution < -0.4 is 5.32 Å². The quantitative estimate of drug-likeness (QED) is 0.907. The highest BCUT2D eigenvalue weighted by atomic mass is 16.3. The summed E-state index contributed by atoms with van der Waals surface area (Å²) >= 11 is 0. The third kappa shape index (κ3) is 2.72. The minimum absolute atomic E-state index is 0.387. The van der Waals surface area contributed by atoms with Gasteiger partial charge in [-0.3, -0.25) is 4.90 Å². The van der Waals surface area contributed by atoms with Gasteiger partial charge in [0.25, 0.3) is 0 Å². The van der Waals surface area contributed by atoms with Crippen molar-refractivity contribution in [2.45, 2.75) is 57.7 Å². The van der Waals surface area contributed by atoms with Crippen molar-refractivity contribution in [2.75, 3.05) is 13.1 Å². The molecule has 0 amide bonds. The molecule has 1 aromatic rings. The van der Waals surface area contributed by atoms with E-state index in [4.69, 9.17) is 4.42 Å². The summed E-state index contributed by atoms with van der Waals surface area (Å²) in [5, 5.41) is 3.86. The summed E-state index contributed by atoms with van der Waals surface area (Å²) in [7, 11) is 0. The molecular weight excluding hydrogens is 236 g/mol. The van der Waals surface area contributed by atoms with Gasteiger partial charge in [-0.05, 0) is 30.9 Å². The van der Waals surface area contributed by atoms with Crippen LogP contribution in [0.5, 0.6) is 0 Å². The summed E-state index contributed by atoms with van der Waals surface area (Å²) in [5.41, 5.74) is 0.387. The average molecular weight is 262 g/mol. The van der Waals surface area contributed by atoms with E-state index in [1.165, 1.54) is 32.2 Å². The van der Waals surface area contributed by atoms with Crippen LogP contribution in [0.1, 0.15) is 45.3 Å².